The molecule has 0 aliphatic rings. The highest BCUT2D eigenvalue weighted by Gasteiger charge is 2.19. The third kappa shape index (κ3) is 6.15. The number of benzene rings is 3. The second-order valence-corrected chi connectivity index (χ2v) is 9.87. The van der Waals surface area contributed by atoms with E-state index in [-0.39, 0.29) is 23.5 Å². The van der Waals surface area contributed by atoms with Crippen LogP contribution >= 0.6 is 0 Å². The van der Waals surface area contributed by atoms with Crippen LogP contribution in [0.1, 0.15) is 34.5 Å². The first-order valence-electron chi connectivity index (χ1n) is 12.6. The van der Waals surface area contributed by atoms with Gasteiger partial charge in [0.2, 0.25) is 0 Å². The average Bonchev–Trinajstić information content (AvgIpc) is 3.23. The molecule has 3 aromatic carbocycles. The molecular formula is C30H33FN6O2. The summed E-state index contributed by atoms with van der Waals surface area (Å²) in [6, 6.07) is 16.8. The highest BCUT2D eigenvalue weighted by molar-refractivity contribution is 6.45. The molecule has 4 rings (SSSR count). The summed E-state index contributed by atoms with van der Waals surface area (Å²) < 4.78 is 15.5. The van der Waals surface area contributed by atoms with Gasteiger partial charge in [-0.1, -0.05) is 24.3 Å². The van der Waals surface area contributed by atoms with Crippen molar-refractivity contribution in [3.8, 4) is 11.1 Å². The molecule has 0 saturated heterocycles. The van der Waals surface area contributed by atoms with Crippen LogP contribution in [0, 0.1) is 11.2 Å². The summed E-state index contributed by atoms with van der Waals surface area (Å²) >= 11 is 0. The van der Waals surface area contributed by atoms with Gasteiger partial charge in [0.1, 0.15) is 11.5 Å². The summed E-state index contributed by atoms with van der Waals surface area (Å²) in [5.41, 5.74) is 10.4. The Morgan fingerprint density at radius 1 is 1.05 bits per heavy atom. The maximum absolute atomic E-state index is 13.7. The summed E-state index contributed by atoms with van der Waals surface area (Å²) in [4.78, 5) is 27.6. The van der Waals surface area contributed by atoms with E-state index in [1.165, 1.54) is 12.1 Å². The molecular weight excluding hydrogens is 495 g/mol. The lowest BCUT2D eigenvalue weighted by Gasteiger charge is -2.14. The first kappa shape index (κ1) is 27.5. The molecule has 9 heteroatoms. The van der Waals surface area contributed by atoms with E-state index in [0.717, 1.165) is 22.0 Å². The summed E-state index contributed by atoms with van der Waals surface area (Å²) in [6.07, 6.45) is 1.77. The standard InChI is InChI=1S/C30H33FN6O2/c1-18(19-6-5-7-22(31)14-19)35-29(38)25-17-37(4)27-11-9-20(15-24(25)27)21-8-10-23(26(32)16-21)28(33)30(39)34-12-13-36(2)3/h5-11,14-18,33H,12-13,32H2,1-4H3,(H,34,39)(H,35,38)/t18-/m0/s1. The van der Waals surface area contributed by atoms with Gasteiger partial charge in [0.25, 0.3) is 11.8 Å². The second kappa shape index (κ2) is 11.5. The molecule has 0 radical (unpaired) electrons. The molecule has 0 spiro atoms. The van der Waals surface area contributed by atoms with Gasteiger partial charge in [0, 0.05) is 48.5 Å². The molecule has 0 fully saturated rings. The van der Waals surface area contributed by atoms with Crippen molar-refractivity contribution in [1.82, 2.24) is 20.1 Å². The van der Waals surface area contributed by atoms with E-state index < -0.39 is 5.91 Å². The fourth-order valence-corrected chi connectivity index (χ4v) is 4.46. The van der Waals surface area contributed by atoms with E-state index in [1.807, 2.05) is 61.8 Å². The van der Waals surface area contributed by atoms with Crippen molar-refractivity contribution in [1.29, 1.82) is 5.41 Å². The Hall–Kier alpha value is -4.50. The number of likely N-dealkylation sites (N-methyl/N-ethyl adjacent to an activating group) is 1. The van der Waals surface area contributed by atoms with Gasteiger partial charge in [-0.15, -0.1) is 0 Å². The Kier molecular flexibility index (Phi) is 8.11. The van der Waals surface area contributed by atoms with Crippen molar-refractivity contribution in [3.63, 3.8) is 0 Å². The zero-order valence-electron chi connectivity index (χ0n) is 22.5. The van der Waals surface area contributed by atoms with Crippen molar-refractivity contribution in [2.24, 2.45) is 7.05 Å². The van der Waals surface area contributed by atoms with Gasteiger partial charge in [-0.25, -0.2) is 4.39 Å². The monoisotopic (exact) mass is 528 g/mol. The zero-order chi connectivity index (χ0) is 28.3. The number of hydrogen-bond acceptors (Lipinski definition) is 5. The van der Waals surface area contributed by atoms with Gasteiger partial charge in [-0.05, 0) is 74.1 Å². The molecule has 1 heterocycles. The van der Waals surface area contributed by atoms with Crippen LogP contribution in [0.5, 0.6) is 0 Å². The summed E-state index contributed by atoms with van der Waals surface area (Å²) in [5.74, 6) is -1.10. The Labute approximate surface area is 227 Å². The van der Waals surface area contributed by atoms with E-state index in [2.05, 4.69) is 10.6 Å². The number of nitrogen functional groups attached to an aromatic ring is 1. The van der Waals surface area contributed by atoms with E-state index in [9.17, 15) is 14.0 Å². The molecule has 0 unspecified atom stereocenters. The fourth-order valence-electron chi connectivity index (χ4n) is 4.46. The molecule has 0 aliphatic carbocycles. The predicted molar refractivity (Wildman–Crippen MR) is 153 cm³/mol. The van der Waals surface area contributed by atoms with Crippen molar-refractivity contribution in [3.05, 3.63) is 89.4 Å². The number of hydrogen-bond donors (Lipinski definition) is 4. The van der Waals surface area contributed by atoms with Crippen molar-refractivity contribution < 1.29 is 14.0 Å². The first-order valence-corrected chi connectivity index (χ1v) is 12.6. The second-order valence-electron chi connectivity index (χ2n) is 9.87. The number of carbonyl (C=O) groups excluding carboxylic acids is 2. The third-order valence-electron chi connectivity index (χ3n) is 6.66. The van der Waals surface area contributed by atoms with Gasteiger partial charge in [0.05, 0.1) is 11.6 Å². The minimum atomic E-state index is -0.481. The van der Waals surface area contributed by atoms with Crippen LogP contribution in [0.3, 0.4) is 0 Å². The maximum Gasteiger partial charge on any atom is 0.269 e. The number of aromatic nitrogens is 1. The minimum absolute atomic E-state index is 0.192. The van der Waals surface area contributed by atoms with Crippen LogP contribution < -0.4 is 16.4 Å². The Bertz CT molecular complexity index is 1560. The highest BCUT2D eigenvalue weighted by Crippen LogP contribution is 2.30. The summed E-state index contributed by atoms with van der Waals surface area (Å²) in [6.45, 7) is 2.91. The number of halogens is 1. The van der Waals surface area contributed by atoms with E-state index in [0.29, 0.717) is 35.5 Å². The molecule has 8 nitrogen and oxygen atoms in total. The third-order valence-corrected chi connectivity index (χ3v) is 6.66. The number of anilines is 1. The van der Waals surface area contributed by atoms with Gasteiger partial charge in [0.15, 0.2) is 0 Å². The topological polar surface area (TPSA) is 116 Å². The number of nitrogens with two attached hydrogens (primary N) is 1. The quantitative estimate of drug-likeness (QED) is 0.193. The lowest BCUT2D eigenvalue weighted by Crippen LogP contribution is -2.36. The van der Waals surface area contributed by atoms with Gasteiger partial charge < -0.3 is 25.8 Å². The molecule has 1 atom stereocenters. The minimum Gasteiger partial charge on any atom is -0.398 e. The molecule has 39 heavy (non-hydrogen) atoms. The summed E-state index contributed by atoms with van der Waals surface area (Å²) in [7, 11) is 5.69. The molecule has 4 aromatic rings. The van der Waals surface area contributed by atoms with E-state index >= 15 is 0 Å². The Morgan fingerprint density at radius 3 is 2.46 bits per heavy atom. The molecule has 0 saturated carbocycles. The van der Waals surface area contributed by atoms with Crippen LogP contribution in [-0.2, 0) is 11.8 Å². The van der Waals surface area contributed by atoms with Crippen molar-refractivity contribution in [2.45, 2.75) is 13.0 Å². The molecule has 0 aliphatic heterocycles. The summed E-state index contributed by atoms with van der Waals surface area (Å²) in [5, 5.41) is 14.7. The lowest BCUT2D eigenvalue weighted by atomic mass is 9.98. The number of nitrogens with one attached hydrogen (secondary N) is 3. The number of amides is 2. The number of fused-ring (bicyclic) bond motifs is 1. The highest BCUT2D eigenvalue weighted by atomic mass is 19.1. The Balaban J connectivity index is 1.58. The van der Waals surface area contributed by atoms with Gasteiger partial charge in [-0.2, -0.15) is 0 Å². The van der Waals surface area contributed by atoms with E-state index in [4.69, 9.17) is 11.1 Å². The average molecular weight is 529 g/mol. The molecule has 5 N–H and O–H groups in total. The number of nitrogens with zero attached hydrogens (tertiary/aromatic N) is 2. The fraction of sp³-hybridized carbons (Fsp3) is 0.233. The van der Waals surface area contributed by atoms with Gasteiger partial charge >= 0.3 is 0 Å². The predicted octanol–water partition coefficient (Wildman–Crippen LogP) is 4.10. The van der Waals surface area contributed by atoms with Crippen LogP contribution in [0.4, 0.5) is 10.1 Å². The van der Waals surface area contributed by atoms with E-state index in [1.54, 1.807) is 30.5 Å². The zero-order valence-corrected chi connectivity index (χ0v) is 22.5. The van der Waals surface area contributed by atoms with Crippen LogP contribution in [0.25, 0.3) is 22.0 Å². The molecule has 0 bridgehead atoms. The maximum atomic E-state index is 13.7. The van der Waals surface area contributed by atoms with Crippen molar-refractivity contribution in [2.75, 3.05) is 32.9 Å². The first-order chi connectivity index (χ1) is 18.5. The van der Waals surface area contributed by atoms with Crippen LogP contribution in [0.2, 0.25) is 0 Å². The molecule has 1 aromatic heterocycles. The number of carbonyl (C=O) groups is 2. The lowest BCUT2D eigenvalue weighted by molar-refractivity contribution is -0.114. The number of aryl methyl sites for hydroxylation is 1. The van der Waals surface area contributed by atoms with Crippen molar-refractivity contribution >= 4 is 34.1 Å². The molecule has 202 valence electrons. The van der Waals surface area contributed by atoms with Crippen LogP contribution in [0.15, 0.2) is 66.9 Å². The van der Waals surface area contributed by atoms with Crippen LogP contribution in [-0.4, -0.2) is 54.2 Å². The molecule has 2 amide bonds. The van der Waals surface area contributed by atoms with Gasteiger partial charge in [-0.3, -0.25) is 15.0 Å². The smallest absolute Gasteiger partial charge is 0.269 e. The largest absolute Gasteiger partial charge is 0.398 e. The normalized spacial score (nSPS) is 11.9. The SMILES string of the molecule is C[C@H](NC(=O)c1cn(C)c2ccc(-c3ccc(C(=N)C(=O)NCCN(C)C)c(N)c3)cc12)c1cccc(F)c1. The Morgan fingerprint density at radius 2 is 1.77 bits per heavy atom. The number of rotatable bonds is 9.